The molecule has 0 fully saturated rings. The number of hydrogen-bond acceptors (Lipinski definition) is 6. The van der Waals surface area contributed by atoms with E-state index in [0.717, 1.165) is 16.7 Å². The van der Waals surface area contributed by atoms with Gasteiger partial charge in [0.1, 0.15) is 11.5 Å². The predicted octanol–water partition coefficient (Wildman–Crippen LogP) is 3.98. The van der Waals surface area contributed by atoms with Crippen LogP contribution in [0.2, 0.25) is 0 Å². The van der Waals surface area contributed by atoms with Crippen LogP contribution in [0.3, 0.4) is 0 Å². The van der Waals surface area contributed by atoms with Gasteiger partial charge in [-0.05, 0) is 30.2 Å². The van der Waals surface area contributed by atoms with Gasteiger partial charge in [0.2, 0.25) is 0 Å². The first-order valence-corrected chi connectivity index (χ1v) is 9.19. The Morgan fingerprint density at radius 1 is 1.08 bits per heavy atom. The lowest BCUT2D eigenvalue weighted by molar-refractivity contribution is 0.485. The van der Waals surface area contributed by atoms with Crippen molar-refractivity contribution in [1.82, 2.24) is 24.7 Å². The van der Waals surface area contributed by atoms with E-state index >= 15 is 0 Å². The third-order valence-electron chi connectivity index (χ3n) is 4.02. The van der Waals surface area contributed by atoms with Crippen molar-refractivity contribution in [2.75, 3.05) is 0 Å². The molecule has 0 bridgehead atoms. The number of rotatable bonds is 6. The lowest BCUT2D eigenvalue weighted by atomic mass is 10.1. The van der Waals surface area contributed by atoms with E-state index in [9.17, 15) is 0 Å². The molecule has 4 rings (SSSR count). The van der Waals surface area contributed by atoms with Crippen molar-refractivity contribution in [2.24, 2.45) is 0 Å². The first-order chi connectivity index (χ1) is 12.8. The third kappa shape index (κ3) is 3.52. The average molecular weight is 363 g/mol. The van der Waals surface area contributed by atoms with Crippen molar-refractivity contribution in [1.29, 1.82) is 0 Å². The van der Waals surface area contributed by atoms with Crippen LogP contribution in [-0.2, 0) is 12.3 Å². The highest BCUT2D eigenvalue weighted by Crippen LogP contribution is 2.27. The van der Waals surface area contributed by atoms with Crippen molar-refractivity contribution in [3.05, 3.63) is 78.1 Å². The molecule has 130 valence electrons. The Balaban J connectivity index is 1.65. The van der Waals surface area contributed by atoms with Crippen molar-refractivity contribution >= 4 is 11.8 Å². The Bertz CT molecular complexity index is 982. The van der Waals surface area contributed by atoms with E-state index in [1.807, 2.05) is 16.7 Å². The van der Waals surface area contributed by atoms with Gasteiger partial charge in [0, 0.05) is 18.1 Å². The number of hydrogen-bond donors (Lipinski definition) is 0. The van der Waals surface area contributed by atoms with Crippen LogP contribution in [0.25, 0.3) is 11.5 Å². The van der Waals surface area contributed by atoms with E-state index in [4.69, 9.17) is 4.42 Å². The Labute approximate surface area is 155 Å². The molecule has 0 radical (unpaired) electrons. The van der Waals surface area contributed by atoms with Crippen LogP contribution in [0.5, 0.6) is 0 Å². The van der Waals surface area contributed by atoms with Crippen LogP contribution in [0, 0.1) is 6.92 Å². The molecule has 4 aromatic rings. The third-order valence-corrected chi connectivity index (χ3v) is 5.04. The van der Waals surface area contributed by atoms with Crippen LogP contribution < -0.4 is 0 Å². The topological polar surface area (TPSA) is 69.6 Å². The highest BCUT2D eigenvalue weighted by molar-refractivity contribution is 7.98. The summed E-state index contributed by atoms with van der Waals surface area (Å²) < 4.78 is 7.53. The second-order valence-electron chi connectivity index (χ2n) is 5.78. The molecule has 0 saturated heterocycles. The molecule has 1 aromatic carbocycles. The minimum absolute atomic E-state index is 0.544. The smallest absolute Gasteiger partial charge is 0.192 e. The summed E-state index contributed by atoms with van der Waals surface area (Å²) in [6.07, 6.45) is 6.66. The molecule has 3 aromatic heterocycles. The number of thioether (sulfide) groups is 1. The quantitative estimate of drug-likeness (QED) is 0.483. The van der Waals surface area contributed by atoms with Crippen molar-refractivity contribution in [3.8, 4) is 11.5 Å². The molecule has 0 unspecified atom stereocenters. The Kier molecular flexibility index (Phi) is 4.79. The zero-order valence-corrected chi connectivity index (χ0v) is 15.1. The number of furan rings is 1. The van der Waals surface area contributed by atoms with Gasteiger partial charge in [-0.15, -0.1) is 10.2 Å². The highest BCUT2D eigenvalue weighted by Gasteiger charge is 2.17. The summed E-state index contributed by atoms with van der Waals surface area (Å²) in [5.74, 6) is 2.35. The van der Waals surface area contributed by atoms with Gasteiger partial charge >= 0.3 is 0 Å². The molecule has 0 aliphatic heterocycles. The monoisotopic (exact) mass is 363 g/mol. The fraction of sp³-hybridized carbons (Fsp3) is 0.158. The molecular weight excluding hydrogens is 346 g/mol. The molecule has 0 saturated carbocycles. The largest absolute Gasteiger partial charge is 0.467 e. The number of nitrogens with zero attached hydrogens (tertiary/aromatic N) is 5. The van der Waals surface area contributed by atoms with Crippen LogP contribution in [0.1, 0.15) is 16.9 Å². The summed E-state index contributed by atoms with van der Waals surface area (Å²) in [6, 6.07) is 12.2. The zero-order chi connectivity index (χ0) is 17.8. The molecule has 0 atom stereocenters. The SMILES string of the molecule is Cc1ccccc1CSc1nnc(-c2cnccn2)n1Cc1ccco1. The summed E-state index contributed by atoms with van der Waals surface area (Å²) in [6.45, 7) is 2.66. The van der Waals surface area contributed by atoms with Crippen LogP contribution >= 0.6 is 11.8 Å². The zero-order valence-electron chi connectivity index (χ0n) is 14.2. The van der Waals surface area contributed by atoms with E-state index < -0.39 is 0 Å². The van der Waals surface area contributed by atoms with E-state index in [1.54, 1.807) is 36.6 Å². The molecule has 0 aliphatic rings. The highest BCUT2D eigenvalue weighted by atomic mass is 32.2. The average Bonchev–Trinajstić information content (AvgIpc) is 3.32. The molecule has 0 N–H and O–H groups in total. The van der Waals surface area contributed by atoms with Crippen molar-refractivity contribution in [3.63, 3.8) is 0 Å². The van der Waals surface area contributed by atoms with E-state index in [0.29, 0.717) is 18.1 Å². The van der Waals surface area contributed by atoms with Gasteiger partial charge in [0.05, 0.1) is 19.0 Å². The fourth-order valence-corrected chi connectivity index (χ4v) is 3.63. The van der Waals surface area contributed by atoms with E-state index in [1.165, 1.54) is 11.1 Å². The van der Waals surface area contributed by atoms with Gasteiger partial charge in [-0.1, -0.05) is 36.0 Å². The minimum atomic E-state index is 0.544. The fourth-order valence-electron chi connectivity index (χ4n) is 2.61. The van der Waals surface area contributed by atoms with Crippen molar-refractivity contribution < 1.29 is 4.42 Å². The summed E-state index contributed by atoms with van der Waals surface area (Å²) in [4.78, 5) is 8.50. The molecule has 6 nitrogen and oxygen atoms in total. The Morgan fingerprint density at radius 2 is 2.00 bits per heavy atom. The second kappa shape index (κ2) is 7.53. The summed E-state index contributed by atoms with van der Waals surface area (Å²) >= 11 is 1.65. The first kappa shape index (κ1) is 16.5. The van der Waals surface area contributed by atoms with Gasteiger partial charge in [0.25, 0.3) is 0 Å². The van der Waals surface area contributed by atoms with Gasteiger partial charge in [0.15, 0.2) is 11.0 Å². The molecule has 0 spiro atoms. The van der Waals surface area contributed by atoms with Crippen molar-refractivity contribution in [2.45, 2.75) is 24.4 Å². The molecule has 0 amide bonds. The minimum Gasteiger partial charge on any atom is -0.467 e. The molecule has 26 heavy (non-hydrogen) atoms. The van der Waals surface area contributed by atoms with Gasteiger partial charge < -0.3 is 4.42 Å². The first-order valence-electron chi connectivity index (χ1n) is 8.20. The molecule has 3 heterocycles. The van der Waals surface area contributed by atoms with Gasteiger partial charge in [-0.2, -0.15) is 0 Å². The maximum Gasteiger partial charge on any atom is 0.192 e. The molecule has 0 aliphatic carbocycles. The predicted molar refractivity (Wildman–Crippen MR) is 99.6 cm³/mol. The summed E-state index contributed by atoms with van der Waals surface area (Å²) in [7, 11) is 0. The summed E-state index contributed by atoms with van der Waals surface area (Å²) in [5.41, 5.74) is 3.24. The van der Waals surface area contributed by atoms with E-state index in [-0.39, 0.29) is 0 Å². The number of benzene rings is 1. The summed E-state index contributed by atoms with van der Waals surface area (Å²) in [5, 5.41) is 9.56. The number of aromatic nitrogens is 5. The molecular formula is C19H17N5OS. The van der Waals surface area contributed by atoms with Crippen LogP contribution in [0.4, 0.5) is 0 Å². The van der Waals surface area contributed by atoms with Crippen LogP contribution in [-0.4, -0.2) is 24.7 Å². The van der Waals surface area contributed by atoms with Gasteiger partial charge in [-0.3, -0.25) is 9.55 Å². The lowest BCUT2D eigenvalue weighted by Crippen LogP contribution is -2.04. The maximum absolute atomic E-state index is 5.51. The Morgan fingerprint density at radius 3 is 2.77 bits per heavy atom. The normalized spacial score (nSPS) is 11.0. The standard InChI is InChI=1S/C19H17N5OS/c1-14-5-2-3-6-15(14)13-26-19-23-22-18(17-11-20-8-9-21-17)24(19)12-16-7-4-10-25-16/h2-11H,12-13H2,1H3. The van der Waals surface area contributed by atoms with Gasteiger partial charge in [-0.25, -0.2) is 4.98 Å². The maximum atomic E-state index is 5.51. The molecule has 7 heteroatoms. The Hall–Kier alpha value is -2.93. The van der Waals surface area contributed by atoms with Crippen LogP contribution in [0.15, 0.2) is 70.8 Å². The lowest BCUT2D eigenvalue weighted by Gasteiger charge is -2.09. The van der Waals surface area contributed by atoms with E-state index in [2.05, 4.69) is 51.4 Å². The number of aryl methyl sites for hydroxylation is 1. The second-order valence-corrected chi connectivity index (χ2v) is 6.72.